The van der Waals surface area contributed by atoms with Crippen LogP contribution in [0.4, 0.5) is 0 Å². The average molecular weight is 640 g/mol. The van der Waals surface area contributed by atoms with E-state index < -0.39 is 132 Å². The van der Waals surface area contributed by atoms with Crippen molar-refractivity contribution >= 4 is 13.8 Å². The number of carboxylic acids is 1. The number of ether oxygens (including phenoxy) is 5. The molecular formula is C20H37N2O19P. The maximum atomic E-state index is 12.2. The molecule has 3 aliphatic heterocycles. The van der Waals surface area contributed by atoms with E-state index in [1.54, 1.807) is 0 Å². The number of aliphatic carboxylic acids is 1. The molecule has 3 heterocycles. The molecule has 0 aromatic carbocycles. The summed E-state index contributed by atoms with van der Waals surface area (Å²) in [4.78, 5) is 30.9. The van der Waals surface area contributed by atoms with Crippen molar-refractivity contribution in [3.05, 3.63) is 0 Å². The highest BCUT2D eigenvalue weighted by molar-refractivity contribution is 7.46. The summed E-state index contributed by atoms with van der Waals surface area (Å²) < 4.78 is 42.9. The molecule has 0 radical (unpaired) electrons. The van der Waals surface area contributed by atoms with E-state index in [0.29, 0.717) is 0 Å². The summed E-state index contributed by atoms with van der Waals surface area (Å²) in [6.07, 6.45) is -22.2. The van der Waals surface area contributed by atoms with Crippen LogP contribution >= 0.6 is 7.82 Å². The van der Waals surface area contributed by atoms with Gasteiger partial charge in [-0.3, -0.25) is 4.52 Å². The quantitative estimate of drug-likeness (QED) is 0.0932. The van der Waals surface area contributed by atoms with E-state index in [2.05, 4.69) is 4.52 Å². The minimum absolute atomic E-state index is 0.641. The van der Waals surface area contributed by atoms with Crippen molar-refractivity contribution < 1.29 is 93.3 Å². The van der Waals surface area contributed by atoms with Gasteiger partial charge in [-0.15, -0.1) is 0 Å². The molecule has 1 unspecified atom stereocenters. The van der Waals surface area contributed by atoms with Crippen molar-refractivity contribution in [1.82, 2.24) is 0 Å². The number of carboxylic acid groups (broad SMARTS) is 1. The Kier molecular flexibility index (Phi) is 11.8. The number of aliphatic hydroxyl groups is 8. The first-order valence-corrected chi connectivity index (χ1v) is 14.1. The number of phosphoric ester groups is 1. The number of carbonyl (C=O) groups is 1. The number of aliphatic hydroxyl groups excluding tert-OH is 8. The maximum Gasteiger partial charge on any atom is 0.470 e. The van der Waals surface area contributed by atoms with Gasteiger partial charge in [-0.2, -0.15) is 0 Å². The average Bonchev–Trinajstić information content (AvgIpc) is 2.92. The summed E-state index contributed by atoms with van der Waals surface area (Å²) in [7, 11) is -5.35. The SMILES string of the molecule is N[C@H]1[C@H](OC[C@H]2OC(O)[C@H](N)[C@@H](O)[C@@H]2O)O[C@H](CO[C@]2(C(=O)O)C[C@@H](O)[C@@H](O)[C@@H]([C@H](O)CO)O2)[C@@H](OP(=O)(O)O)[C@@H]1O. The van der Waals surface area contributed by atoms with Crippen molar-refractivity contribution in [1.29, 1.82) is 0 Å². The monoisotopic (exact) mass is 640 g/mol. The van der Waals surface area contributed by atoms with Crippen LogP contribution in [0.5, 0.6) is 0 Å². The van der Waals surface area contributed by atoms with Gasteiger partial charge in [0.2, 0.25) is 0 Å². The standard InChI is InChI=1S/C20H37N2O19P/c21-9-13(28)12(27)7(38-17(9)30)3-36-18-10(22)14(29)16(41-42(33,34)35)8(39-18)4-37-20(19(31)32)1-5(24)11(26)15(40-20)6(25)2-23/h5-18,23-30H,1-4,21-22H2,(H,31,32)(H2,33,34,35)/t5-,6-,7-,8-,9-,10-,11-,12-,13-,14-,15-,16-,17?,18-,20-/m1/s1. The first kappa shape index (κ1) is 35.5. The van der Waals surface area contributed by atoms with Crippen LogP contribution in [0, 0.1) is 0 Å². The molecule has 3 fully saturated rings. The van der Waals surface area contributed by atoms with E-state index in [1.807, 2.05) is 0 Å². The maximum absolute atomic E-state index is 12.2. The van der Waals surface area contributed by atoms with Gasteiger partial charge in [0, 0.05) is 6.42 Å². The fourth-order valence-electron chi connectivity index (χ4n) is 4.68. The molecule has 42 heavy (non-hydrogen) atoms. The van der Waals surface area contributed by atoms with Gasteiger partial charge in [-0.1, -0.05) is 0 Å². The van der Waals surface area contributed by atoms with Gasteiger partial charge in [0.05, 0.1) is 38.0 Å². The minimum atomic E-state index is -5.35. The molecular weight excluding hydrogens is 603 g/mol. The molecule has 15 atom stereocenters. The van der Waals surface area contributed by atoms with Gasteiger partial charge in [-0.25, -0.2) is 9.36 Å². The predicted octanol–water partition coefficient (Wildman–Crippen LogP) is -7.68. The zero-order chi connectivity index (χ0) is 31.7. The predicted molar refractivity (Wildman–Crippen MR) is 127 cm³/mol. The second-order valence-electron chi connectivity index (χ2n) is 10.1. The molecule has 15 N–H and O–H groups in total. The fourth-order valence-corrected chi connectivity index (χ4v) is 5.26. The lowest BCUT2D eigenvalue weighted by molar-refractivity contribution is -0.340. The summed E-state index contributed by atoms with van der Waals surface area (Å²) in [5.41, 5.74) is 11.4. The van der Waals surface area contributed by atoms with Gasteiger partial charge in [-0.05, 0) is 0 Å². The van der Waals surface area contributed by atoms with Crippen LogP contribution in [0.2, 0.25) is 0 Å². The molecule has 21 nitrogen and oxygen atoms in total. The van der Waals surface area contributed by atoms with E-state index in [4.69, 9.17) is 35.2 Å². The Labute approximate surface area is 236 Å². The highest BCUT2D eigenvalue weighted by Crippen LogP contribution is 2.42. The summed E-state index contributed by atoms with van der Waals surface area (Å²) >= 11 is 0. The molecule has 3 rings (SSSR count). The molecule has 3 saturated heterocycles. The summed E-state index contributed by atoms with van der Waals surface area (Å²) in [5.74, 6) is -4.70. The largest absolute Gasteiger partial charge is 0.477 e. The number of rotatable bonds is 11. The van der Waals surface area contributed by atoms with Crippen LogP contribution in [0.1, 0.15) is 6.42 Å². The van der Waals surface area contributed by atoms with Gasteiger partial charge in [0.25, 0.3) is 5.79 Å². The lowest BCUT2D eigenvalue weighted by atomic mass is 9.92. The Balaban J connectivity index is 1.81. The van der Waals surface area contributed by atoms with Crippen molar-refractivity contribution in [2.75, 3.05) is 19.8 Å². The summed E-state index contributed by atoms with van der Waals surface area (Å²) in [6.45, 7) is -2.66. The lowest BCUT2D eigenvalue weighted by Crippen LogP contribution is -2.66. The second kappa shape index (κ2) is 14.0. The number of phosphoric acid groups is 1. The van der Waals surface area contributed by atoms with Gasteiger partial charge >= 0.3 is 13.8 Å². The summed E-state index contributed by atoms with van der Waals surface area (Å²) in [6, 6.07) is -2.95. The first-order chi connectivity index (χ1) is 19.4. The zero-order valence-corrected chi connectivity index (χ0v) is 22.6. The molecule has 3 aliphatic rings. The third-order valence-electron chi connectivity index (χ3n) is 7.08. The van der Waals surface area contributed by atoms with Gasteiger partial charge < -0.3 is 90.9 Å². The van der Waals surface area contributed by atoms with Crippen LogP contribution in [0.3, 0.4) is 0 Å². The molecule has 0 amide bonds. The van der Waals surface area contributed by atoms with Gasteiger partial charge in [0.15, 0.2) is 12.6 Å². The molecule has 22 heteroatoms. The van der Waals surface area contributed by atoms with E-state index in [0.717, 1.165) is 0 Å². The van der Waals surface area contributed by atoms with Crippen LogP contribution in [-0.4, -0.2) is 173 Å². The summed E-state index contributed by atoms with van der Waals surface area (Å²) in [5, 5.41) is 90.1. The Bertz CT molecular complexity index is 960. The molecule has 0 aromatic heterocycles. The smallest absolute Gasteiger partial charge is 0.470 e. The zero-order valence-electron chi connectivity index (χ0n) is 21.7. The molecule has 0 aliphatic carbocycles. The van der Waals surface area contributed by atoms with Crippen LogP contribution in [0.25, 0.3) is 0 Å². The minimum Gasteiger partial charge on any atom is -0.477 e. The second-order valence-corrected chi connectivity index (χ2v) is 11.3. The highest BCUT2D eigenvalue weighted by atomic mass is 31.2. The molecule has 246 valence electrons. The van der Waals surface area contributed by atoms with E-state index >= 15 is 0 Å². The number of nitrogens with two attached hydrogens (primary N) is 2. The van der Waals surface area contributed by atoms with Crippen molar-refractivity contribution in [2.45, 2.75) is 97.9 Å². The third-order valence-corrected chi connectivity index (χ3v) is 7.60. The van der Waals surface area contributed by atoms with Crippen molar-refractivity contribution in [2.24, 2.45) is 11.5 Å². The lowest BCUT2D eigenvalue weighted by Gasteiger charge is -2.46. The Morgan fingerprint density at radius 2 is 1.60 bits per heavy atom. The Morgan fingerprint density at radius 3 is 2.17 bits per heavy atom. The number of hydrogen-bond acceptors (Lipinski definition) is 18. The van der Waals surface area contributed by atoms with Crippen molar-refractivity contribution in [3.8, 4) is 0 Å². The van der Waals surface area contributed by atoms with Crippen LogP contribution < -0.4 is 11.5 Å². The van der Waals surface area contributed by atoms with Gasteiger partial charge in [0.1, 0.15) is 54.9 Å². The highest BCUT2D eigenvalue weighted by Gasteiger charge is 2.56. The van der Waals surface area contributed by atoms with E-state index in [-0.39, 0.29) is 0 Å². The Morgan fingerprint density at radius 1 is 0.952 bits per heavy atom. The van der Waals surface area contributed by atoms with E-state index in [1.165, 1.54) is 0 Å². The normalized spacial score (nSPS) is 45.9. The molecule has 0 bridgehead atoms. The third kappa shape index (κ3) is 7.79. The van der Waals surface area contributed by atoms with E-state index in [9.17, 15) is 65.1 Å². The van der Waals surface area contributed by atoms with Crippen molar-refractivity contribution in [3.63, 3.8) is 0 Å². The first-order valence-electron chi connectivity index (χ1n) is 12.5. The van der Waals surface area contributed by atoms with Crippen LogP contribution in [0.15, 0.2) is 0 Å². The Hall–Kier alpha value is -1.02. The molecule has 0 saturated carbocycles. The number of hydrogen-bond donors (Lipinski definition) is 13. The topological polar surface area (TPSA) is 364 Å². The molecule has 0 aromatic rings. The molecule has 0 spiro atoms. The fraction of sp³-hybridized carbons (Fsp3) is 0.950. The van der Waals surface area contributed by atoms with Crippen LogP contribution in [-0.2, 0) is 37.6 Å².